The molecule has 2 aliphatic rings. The van der Waals surface area contributed by atoms with Gasteiger partial charge in [0.1, 0.15) is 17.3 Å². The van der Waals surface area contributed by atoms with Gasteiger partial charge in [0.15, 0.2) is 0 Å². The highest BCUT2D eigenvalue weighted by atomic mass is 19.4. The second kappa shape index (κ2) is 7.65. The second-order valence-electron chi connectivity index (χ2n) is 7.72. The van der Waals surface area contributed by atoms with E-state index in [2.05, 4.69) is 27.4 Å². The van der Waals surface area contributed by atoms with Crippen LogP contribution in [-0.4, -0.2) is 29.0 Å². The lowest BCUT2D eigenvalue weighted by Gasteiger charge is -2.33. The number of fused-ring (bicyclic) bond motifs is 1. The Hall–Kier alpha value is -2.64. The maximum absolute atomic E-state index is 13.0. The van der Waals surface area contributed by atoms with Gasteiger partial charge in [-0.1, -0.05) is 24.3 Å². The van der Waals surface area contributed by atoms with Crippen LogP contribution in [0.3, 0.4) is 0 Å². The average Bonchev–Trinajstić information content (AvgIpc) is 3.10. The number of nitrogens with one attached hydrogen (secondary N) is 1. The smallest absolute Gasteiger partial charge is 0.356 e. The zero-order valence-corrected chi connectivity index (χ0v) is 16.2. The Morgan fingerprint density at radius 3 is 2.59 bits per heavy atom. The Morgan fingerprint density at radius 2 is 1.86 bits per heavy atom. The predicted molar refractivity (Wildman–Crippen MR) is 102 cm³/mol. The predicted octanol–water partition coefficient (Wildman–Crippen LogP) is 3.82. The molecule has 1 unspecified atom stereocenters. The van der Waals surface area contributed by atoms with E-state index in [4.69, 9.17) is 0 Å². The molecule has 1 aromatic heterocycles. The molecule has 1 aliphatic heterocycles. The van der Waals surface area contributed by atoms with Crippen LogP contribution in [0.4, 0.5) is 19.0 Å². The van der Waals surface area contributed by atoms with Crippen molar-refractivity contribution in [1.82, 2.24) is 15.3 Å². The first-order chi connectivity index (χ1) is 13.8. The van der Waals surface area contributed by atoms with Crippen molar-refractivity contribution in [3.8, 4) is 0 Å². The fourth-order valence-electron chi connectivity index (χ4n) is 4.23. The molecule has 154 valence electrons. The zero-order valence-electron chi connectivity index (χ0n) is 16.2. The Morgan fingerprint density at radius 1 is 1.14 bits per heavy atom. The third-order valence-corrected chi connectivity index (χ3v) is 5.75. The summed E-state index contributed by atoms with van der Waals surface area (Å²) in [5.74, 6) is 0.258. The van der Waals surface area contributed by atoms with Gasteiger partial charge in [-0.3, -0.25) is 4.79 Å². The van der Waals surface area contributed by atoms with Crippen LogP contribution >= 0.6 is 0 Å². The van der Waals surface area contributed by atoms with E-state index in [1.165, 1.54) is 18.1 Å². The third kappa shape index (κ3) is 4.21. The van der Waals surface area contributed by atoms with E-state index in [0.717, 1.165) is 18.9 Å². The summed E-state index contributed by atoms with van der Waals surface area (Å²) in [7, 11) is 0. The van der Waals surface area contributed by atoms with Crippen LogP contribution in [0.2, 0.25) is 0 Å². The highest BCUT2D eigenvalue weighted by Gasteiger charge is 2.35. The average molecular weight is 404 g/mol. The van der Waals surface area contributed by atoms with Gasteiger partial charge in [-0.05, 0) is 43.7 Å². The minimum atomic E-state index is -4.50. The minimum absolute atomic E-state index is 0.0289. The SMILES string of the molecule is Cc1nc(N2CCC(C(=O)NC3CCc4ccccc43)CC2)cc(C(F)(F)F)n1. The molecule has 0 saturated carbocycles. The summed E-state index contributed by atoms with van der Waals surface area (Å²) in [6.07, 6.45) is -1.45. The van der Waals surface area contributed by atoms with Crippen molar-refractivity contribution in [2.75, 3.05) is 18.0 Å². The first-order valence-corrected chi connectivity index (χ1v) is 9.87. The number of halogens is 3. The molecule has 1 atom stereocenters. The molecule has 1 N–H and O–H groups in total. The summed E-state index contributed by atoms with van der Waals surface area (Å²) >= 11 is 0. The molecule has 4 rings (SSSR count). The van der Waals surface area contributed by atoms with Crippen LogP contribution in [-0.2, 0) is 17.4 Å². The molecule has 8 heteroatoms. The highest BCUT2D eigenvalue weighted by Crippen LogP contribution is 2.33. The van der Waals surface area contributed by atoms with Crippen molar-refractivity contribution in [3.05, 3.63) is 53.0 Å². The van der Waals surface area contributed by atoms with Gasteiger partial charge in [-0.25, -0.2) is 9.97 Å². The molecule has 0 bridgehead atoms. The molecule has 2 aromatic rings. The van der Waals surface area contributed by atoms with Crippen LogP contribution in [0, 0.1) is 12.8 Å². The monoisotopic (exact) mass is 404 g/mol. The van der Waals surface area contributed by atoms with Gasteiger partial charge < -0.3 is 10.2 Å². The van der Waals surface area contributed by atoms with Gasteiger partial charge >= 0.3 is 6.18 Å². The molecule has 1 aromatic carbocycles. The van der Waals surface area contributed by atoms with Gasteiger partial charge in [0.05, 0.1) is 6.04 Å². The Labute approximate surface area is 167 Å². The fourth-order valence-corrected chi connectivity index (χ4v) is 4.23. The summed E-state index contributed by atoms with van der Waals surface area (Å²) < 4.78 is 39.1. The molecular formula is C21H23F3N4O. The van der Waals surface area contributed by atoms with Crippen LogP contribution in [0.5, 0.6) is 0 Å². The third-order valence-electron chi connectivity index (χ3n) is 5.75. The number of alkyl halides is 3. The molecule has 0 spiro atoms. The lowest BCUT2D eigenvalue weighted by atomic mass is 9.95. The number of aryl methyl sites for hydroxylation is 2. The van der Waals surface area contributed by atoms with Crippen molar-refractivity contribution in [1.29, 1.82) is 0 Å². The van der Waals surface area contributed by atoms with E-state index >= 15 is 0 Å². The highest BCUT2D eigenvalue weighted by molar-refractivity contribution is 5.79. The summed E-state index contributed by atoms with van der Waals surface area (Å²) in [6.45, 7) is 2.44. The Kier molecular flexibility index (Phi) is 5.19. The molecular weight excluding hydrogens is 381 g/mol. The number of piperidine rings is 1. The topological polar surface area (TPSA) is 58.1 Å². The molecule has 1 amide bonds. The molecule has 1 saturated heterocycles. The van der Waals surface area contributed by atoms with Gasteiger partial charge in [0.2, 0.25) is 5.91 Å². The molecule has 2 heterocycles. The molecule has 5 nitrogen and oxygen atoms in total. The second-order valence-corrected chi connectivity index (χ2v) is 7.72. The van der Waals surface area contributed by atoms with Crippen LogP contribution in [0.25, 0.3) is 0 Å². The number of anilines is 1. The summed E-state index contributed by atoms with van der Waals surface area (Å²) in [4.78, 5) is 22.2. The fraction of sp³-hybridized carbons (Fsp3) is 0.476. The zero-order chi connectivity index (χ0) is 20.6. The Bertz CT molecular complexity index is 907. The standard InChI is InChI=1S/C21H23F3N4O/c1-13-25-18(21(22,23)24)12-19(26-13)28-10-8-15(9-11-28)20(29)27-17-7-6-14-4-2-3-5-16(14)17/h2-5,12,15,17H,6-11H2,1H3,(H,27,29). The lowest BCUT2D eigenvalue weighted by molar-refractivity contribution is -0.141. The number of carbonyl (C=O) groups is 1. The lowest BCUT2D eigenvalue weighted by Crippen LogP contribution is -2.41. The number of rotatable bonds is 3. The number of benzene rings is 1. The van der Waals surface area contributed by atoms with Gasteiger partial charge in [-0.15, -0.1) is 0 Å². The van der Waals surface area contributed by atoms with Gasteiger partial charge in [0, 0.05) is 25.1 Å². The molecule has 1 aliphatic carbocycles. The quantitative estimate of drug-likeness (QED) is 0.845. The molecule has 1 fully saturated rings. The molecule has 0 radical (unpaired) electrons. The Balaban J connectivity index is 1.38. The first-order valence-electron chi connectivity index (χ1n) is 9.87. The number of nitrogens with zero attached hydrogens (tertiary/aromatic N) is 3. The van der Waals surface area contributed by atoms with E-state index in [1.54, 1.807) is 4.90 Å². The van der Waals surface area contributed by atoms with Crippen molar-refractivity contribution in [2.45, 2.75) is 44.8 Å². The summed E-state index contributed by atoms with van der Waals surface area (Å²) in [6, 6.07) is 9.20. The largest absolute Gasteiger partial charge is 0.433 e. The first kappa shape index (κ1) is 19.7. The van der Waals surface area contributed by atoms with Crippen molar-refractivity contribution >= 4 is 11.7 Å². The number of hydrogen-bond donors (Lipinski definition) is 1. The number of carbonyl (C=O) groups excluding carboxylic acids is 1. The normalized spacial score (nSPS) is 19.9. The van der Waals surface area contributed by atoms with Crippen molar-refractivity contribution < 1.29 is 18.0 Å². The maximum Gasteiger partial charge on any atom is 0.433 e. The summed E-state index contributed by atoms with van der Waals surface area (Å²) in [5.41, 5.74) is 1.54. The molecule has 29 heavy (non-hydrogen) atoms. The number of aromatic nitrogens is 2. The van der Waals surface area contributed by atoms with E-state index in [9.17, 15) is 18.0 Å². The number of amides is 1. The minimum Gasteiger partial charge on any atom is -0.356 e. The maximum atomic E-state index is 13.0. The van der Waals surface area contributed by atoms with E-state index in [1.807, 2.05) is 12.1 Å². The van der Waals surface area contributed by atoms with Crippen molar-refractivity contribution in [2.24, 2.45) is 5.92 Å². The van der Waals surface area contributed by atoms with Crippen LogP contribution in [0.1, 0.15) is 47.9 Å². The van der Waals surface area contributed by atoms with Crippen LogP contribution < -0.4 is 10.2 Å². The van der Waals surface area contributed by atoms with Gasteiger partial charge in [0.25, 0.3) is 0 Å². The van der Waals surface area contributed by atoms with Crippen molar-refractivity contribution in [3.63, 3.8) is 0 Å². The number of hydrogen-bond acceptors (Lipinski definition) is 4. The van der Waals surface area contributed by atoms with Gasteiger partial charge in [-0.2, -0.15) is 13.2 Å². The van der Waals surface area contributed by atoms with E-state index < -0.39 is 11.9 Å². The van der Waals surface area contributed by atoms with E-state index in [0.29, 0.717) is 25.9 Å². The van der Waals surface area contributed by atoms with Crippen LogP contribution in [0.15, 0.2) is 30.3 Å². The summed E-state index contributed by atoms with van der Waals surface area (Å²) in [5, 5.41) is 3.17. The van der Waals surface area contributed by atoms with E-state index in [-0.39, 0.29) is 29.5 Å².